The summed E-state index contributed by atoms with van der Waals surface area (Å²) in [4.78, 5) is 0. The Balaban J connectivity index is 2.36. The maximum absolute atomic E-state index is 5.99. The van der Waals surface area contributed by atoms with Gasteiger partial charge < -0.3 is 0 Å². The Hall–Kier alpha value is -0.800. The molecule has 0 aliphatic rings. The molecule has 0 N–H and O–H groups in total. The topological polar surface area (TPSA) is 24.7 Å². The normalized spacial score (nSPS) is 11.1. The summed E-state index contributed by atoms with van der Waals surface area (Å²) in [6.45, 7) is 0. The van der Waals surface area contributed by atoms with Gasteiger partial charge in [-0.05, 0) is 24.3 Å². The molecular weight excluding hydrogens is 314 g/mol. The van der Waals surface area contributed by atoms with Gasteiger partial charge in [0.15, 0.2) is 0 Å². The Morgan fingerprint density at radius 3 is 1.39 bits per heavy atom. The van der Waals surface area contributed by atoms with Crippen LogP contribution in [0.15, 0.2) is 46.6 Å². The fourth-order valence-corrected chi connectivity index (χ4v) is 1.91. The van der Waals surface area contributed by atoms with Gasteiger partial charge in [-0.1, -0.05) is 58.5 Å². The predicted molar refractivity (Wildman–Crippen MR) is 77.1 cm³/mol. The minimum Gasteiger partial charge on any atom is -0.149 e. The third kappa shape index (κ3) is 2.96. The third-order valence-electron chi connectivity index (χ3n) is 2.13. The van der Waals surface area contributed by atoms with Gasteiger partial charge in [0.1, 0.15) is 11.4 Å². The number of nitrogens with zero attached hydrogens (tertiary/aromatic N) is 2. The zero-order valence-electron chi connectivity index (χ0n) is 8.87. The molecule has 2 aromatic carbocycles. The monoisotopic (exact) mass is 318 g/mol. The summed E-state index contributed by atoms with van der Waals surface area (Å²) in [5.41, 5.74) is 0.945. The molecule has 0 fully saturated rings. The largest absolute Gasteiger partial charge is 0.149 e. The number of hydrogen-bond acceptors (Lipinski definition) is 2. The van der Waals surface area contributed by atoms with Gasteiger partial charge in [-0.3, -0.25) is 0 Å². The Bertz CT molecular complexity index is 558. The average molecular weight is 320 g/mol. The van der Waals surface area contributed by atoms with Crippen molar-refractivity contribution in [3.8, 4) is 0 Å². The second-order valence-electron chi connectivity index (χ2n) is 3.35. The highest BCUT2D eigenvalue weighted by atomic mass is 35.5. The highest BCUT2D eigenvalue weighted by molar-refractivity contribution is 6.44. The van der Waals surface area contributed by atoms with Crippen LogP contribution in [0.3, 0.4) is 0 Å². The van der Waals surface area contributed by atoms with Gasteiger partial charge in [0.25, 0.3) is 0 Å². The molecule has 0 spiro atoms. The molecular formula is C12H6Cl4N2. The van der Waals surface area contributed by atoms with E-state index in [2.05, 4.69) is 10.2 Å². The molecule has 0 atom stereocenters. The highest BCUT2D eigenvalue weighted by Gasteiger charge is 2.05. The summed E-state index contributed by atoms with van der Waals surface area (Å²) in [6.07, 6.45) is 0. The van der Waals surface area contributed by atoms with Gasteiger partial charge in [0.05, 0.1) is 20.1 Å². The van der Waals surface area contributed by atoms with Crippen LogP contribution < -0.4 is 0 Å². The molecule has 0 unspecified atom stereocenters. The molecule has 0 aliphatic carbocycles. The van der Waals surface area contributed by atoms with Crippen molar-refractivity contribution in [1.82, 2.24) is 0 Å². The lowest BCUT2D eigenvalue weighted by molar-refractivity contribution is 1.23. The summed E-state index contributed by atoms with van der Waals surface area (Å²) < 4.78 is 0. The van der Waals surface area contributed by atoms with Crippen molar-refractivity contribution in [2.45, 2.75) is 0 Å². The van der Waals surface area contributed by atoms with E-state index >= 15 is 0 Å². The van der Waals surface area contributed by atoms with Gasteiger partial charge in [-0.2, -0.15) is 0 Å². The highest BCUT2D eigenvalue weighted by Crippen LogP contribution is 2.35. The second kappa shape index (κ2) is 5.89. The summed E-state index contributed by atoms with van der Waals surface area (Å²) in [5.74, 6) is 0. The van der Waals surface area contributed by atoms with Crippen LogP contribution in [0.2, 0.25) is 20.1 Å². The number of azo groups is 1. The average Bonchev–Trinajstić information content (AvgIpc) is 2.36. The van der Waals surface area contributed by atoms with Crippen molar-refractivity contribution in [1.29, 1.82) is 0 Å². The first-order chi connectivity index (χ1) is 8.59. The van der Waals surface area contributed by atoms with E-state index in [4.69, 9.17) is 46.4 Å². The first-order valence-corrected chi connectivity index (χ1v) is 6.40. The third-order valence-corrected chi connectivity index (χ3v) is 3.75. The van der Waals surface area contributed by atoms with Crippen LogP contribution in [-0.2, 0) is 0 Å². The maximum Gasteiger partial charge on any atom is 0.106 e. The van der Waals surface area contributed by atoms with Crippen LogP contribution in [0.5, 0.6) is 0 Å². The van der Waals surface area contributed by atoms with E-state index in [1.54, 1.807) is 36.4 Å². The number of rotatable bonds is 2. The van der Waals surface area contributed by atoms with Crippen LogP contribution in [-0.4, -0.2) is 0 Å². The van der Waals surface area contributed by atoms with Crippen LogP contribution >= 0.6 is 46.4 Å². The number of hydrogen-bond donors (Lipinski definition) is 0. The molecule has 0 saturated heterocycles. The van der Waals surface area contributed by atoms with Crippen molar-refractivity contribution in [2.75, 3.05) is 0 Å². The van der Waals surface area contributed by atoms with E-state index in [-0.39, 0.29) is 0 Å². The lowest BCUT2D eigenvalue weighted by Gasteiger charge is -2.00. The fraction of sp³-hybridized carbons (Fsp3) is 0. The molecule has 0 saturated carbocycles. The minimum absolute atomic E-state index is 0.348. The lowest BCUT2D eigenvalue weighted by atomic mass is 10.3. The molecule has 2 rings (SSSR count). The van der Waals surface area contributed by atoms with Crippen LogP contribution in [0.4, 0.5) is 11.4 Å². The zero-order chi connectivity index (χ0) is 13.1. The van der Waals surface area contributed by atoms with E-state index in [1.807, 2.05) is 0 Å². The maximum atomic E-state index is 5.99. The standard InChI is InChI=1S/C12H6Cl4N2/c13-7-3-1-5-9(11(7)15)17-18-10-6-2-4-8(14)12(10)16/h1-6H. The summed E-state index contributed by atoms with van der Waals surface area (Å²) >= 11 is 23.7. The predicted octanol–water partition coefficient (Wildman–Crippen LogP) is 6.72. The molecule has 18 heavy (non-hydrogen) atoms. The van der Waals surface area contributed by atoms with Crippen molar-refractivity contribution in [2.24, 2.45) is 10.2 Å². The number of benzene rings is 2. The van der Waals surface area contributed by atoms with Gasteiger partial charge in [-0.15, -0.1) is 10.2 Å². The molecule has 0 heterocycles. The van der Waals surface area contributed by atoms with E-state index < -0.39 is 0 Å². The number of halogens is 4. The molecule has 0 aromatic heterocycles. The van der Waals surface area contributed by atoms with E-state index in [1.165, 1.54) is 0 Å². The van der Waals surface area contributed by atoms with Crippen LogP contribution in [0, 0.1) is 0 Å². The molecule has 2 nitrogen and oxygen atoms in total. The molecule has 2 aromatic rings. The zero-order valence-corrected chi connectivity index (χ0v) is 11.9. The molecule has 0 radical (unpaired) electrons. The smallest absolute Gasteiger partial charge is 0.106 e. The Morgan fingerprint density at radius 1 is 0.611 bits per heavy atom. The summed E-state index contributed by atoms with van der Waals surface area (Å²) in [5, 5.41) is 9.55. The quantitative estimate of drug-likeness (QED) is 0.549. The summed E-state index contributed by atoms with van der Waals surface area (Å²) in [6, 6.07) is 10.2. The van der Waals surface area contributed by atoms with Crippen LogP contribution in [0.25, 0.3) is 0 Å². The van der Waals surface area contributed by atoms with E-state index in [0.717, 1.165) is 0 Å². The van der Waals surface area contributed by atoms with Crippen molar-refractivity contribution in [3.05, 3.63) is 56.5 Å². The molecule has 6 heteroatoms. The Labute approximate surface area is 124 Å². The fourth-order valence-electron chi connectivity index (χ4n) is 1.25. The molecule has 0 aliphatic heterocycles. The van der Waals surface area contributed by atoms with E-state index in [0.29, 0.717) is 31.5 Å². The SMILES string of the molecule is Clc1cccc(N=Nc2cccc(Cl)c2Cl)c1Cl. The second-order valence-corrected chi connectivity index (χ2v) is 4.92. The van der Waals surface area contributed by atoms with Crippen molar-refractivity contribution in [3.63, 3.8) is 0 Å². The first-order valence-electron chi connectivity index (χ1n) is 4.89. The first kappa shape index (κ1) is 13.6. The molecule has 0 bridgehead atoms. The molecule has 0 amide bonds. The van der Waals surface area contributed by atoms with Gasteiger partial charge in [0.2, 0.25) is 0 Å². The van der Waals surface area contributed by atoms with E-state index in [9.17, 15) is 0 Å². The lowest BCUT2D eigenvalue weighted by Crippen LogP contribution is -1.72. The van der Waals surface area contributed by atoms with Crippen molar-refractivity contribution < 1.29 is 0 Å². The van der Waals surface area contributed by atoms with Gasteiger partial charge in [-0.25, -0.2) is 0 Å². The molecule has 92 valence electrons. The van der Waals surface area contributed by atoms with Gasteiger partial charge in [0, 0.05) is 0 Å². The summed E-state index contributed by atoms with van der Waals surface area (Å²) in [7, 11) is 0. The Morgan fingerprint density at radius 2 is 1.00 bits per heavy atom. The van der Waals surface area contributed by atoms with Crippen LogP contribution in [0.1, 0.15) is 0 Å². The van der Waals surface area contributed by atoms with Crippen molar-refractivity contribution >= 4 is 57.8 Å². The Kier molecular flexibility index (Phi) is 4.46. The van der Waals surface area contributed by atoms with Gasteiger partial charge >= 0.3 is 0 Å². The minimum atomic E-state index is 0.348.